The Hall–Kier alpha value is -0.380. The molecule has 3 unspecified atom stereocenters. The minimum atomic E-state index is -0.734. The average Bonchev–Trinajstić information content (AvgIpc) is 2.38. The molecule has 0 bridgehead atoms. The van der Waals surface area contributed by atoms with Crippen LogP contribution >= 0.6 is 11.6 Å². The average molecular weight is 302 g/mol. The summed E-state index contributed by atoms with van der Waals surface area (Å²) in [7, 11) is -0.734. The summed E-state index contributed by atoms with van der Waals surface area (Å²) < 4.78 is 11.3. The highest BCUT2D eigenvalue weighted by Gasteiger charge is 2.11. The summed E-state index contributed by atoms with van der Waals surface area (Å²) in [4.78, 5) is 0. The van der Waals surface area contributed by atoms with Crippen molar-refractivity contribution in [2.75, 3.05) is 12.8 Å². The van der Waals surface area contributed by atoms with E-state index >= 15 is 0 Å². The van der Waals surface area contributed by atoms with E-state index in [0.717, 1.165) is 30.8 Å². The molecule has 0 fully saturated rings. The molecule has 0 aromatic heterocycles. The second-order valence-corrected chi connectivity index (χ2v) is 7.18. The molecule has 0 aliphatic heterocycles. The summed E-state index contributed by atoms with van der Waals surface area (Å²) in [6.45, 7) is 5.12. The third-order valence-electron chi connectivity index (χ3n) is 3.36. The smallest absolute Gasteiger partial charge is 0.0406 e. The second kappa shape index (κ2) is 8.72. The van der Waals surface area contributed by atoms with E-state index in [1.165, 1.54) is 5.56 Å². The topological polar surface area (TPSA) is 29.1 Å². The van der Waals surface area contributed by atoms with E-state index in [1.54, 1.807) is 6.26 Å². The Labute approximate surface area is 124 Å². The molecule has 108 valence electrons. The number of hydrogen-bond acceptors (Lipinski definition) is 2. The summed E-state index contributed by atoms with van der Waals surface area (Å²) >= 11 is 5.92. The van der Waals surface area contributed by atoms with E-state index < -0.39 is 10.8 Å². The zero-order valence-corrected chi connectivity index (χ0v) is 13.6. The van der Waals surface area contributed by atoms with E-state index in [2.05, 4.69) is 24.4 Å². The lowest BCUT2D eigenvalue weighted by Crippen LogP contribution is -2.25. The highest BCUT2D eigenvalue weighted by Crippen LogP contribution is 2.20. The number of nitrogens with one attached hydrogen (secondary N) is 1. The maximum atomic E-state index is 11.3. The normalized spacial score (nSPS) is 16.0. The van der Waals surface area contributed by atoms with Crippen molar-refractivity contribution in [2.24, 2.45) is 0 Å². The van der Waals surface area contributed by atoms with Crippen molar-refractivity contribution in [1.82, 2.24) is 5.32 Å². The number of benzene rings is 1. The largest absolute Gasteiger partial charge is 0.310 e. The standard InChI is InChI=1S/C15H24ClNOS/c1-4-5-15(13-6-8-14(16)9-7-13)17-11-10-12(2)19(3)18/h6-9,12,15,17H,4-5,10-11H2,1-3H3. The lowest BCUT2D eigenvalue weighted by Gasteiger charge is -2.19. The molecule has 1 aromatic carbocycles. The van der Waals surface area contributed by atoms with Crippen LogP contribution in [0.15, 0.2) is 24.3 Å². The van der Waals surface area contributed by atoms with Gasteiger partial charge in [0, 0.05) is 33.4 Å². The number of rotatable bonds is 8. The molecule has 1 rings (SSSR count). The molecule has 0 amide bonds. The zero-order valence-electron chi connectivity index (χ0n) is 12.0. The van der Waals surface area contributed by atoms with Gasteiger partial charge in [-0.15, -0.1) is 0 Å². The SMILES string of the molecule is CCCC(NCCC(C)S(C)=O)c1ccc(Cl)cc1. The second-order valence-electron chi connectivity index (χ2n) is 4.94. The summed E-state index contributed by atoms with van der Waals surface area (Å²) in [6.07, 6.45) is 4.95. The molecule has 0 aliphatic rings. The van der Waals surface area contributed by atoms with Crippen molar-refractivity contribution >= 4 is 22.4 Å². The quantitative estimate of drug-likeness (QED) is 0.788. The van der Waals surface area contributed by atoms with Gasteiger partial charge in [-0.2, -0.15) is 0 Å². The molecule has 2 nitrogen and oxygen atoms in total. The van der Waals surface area contributed by atoms with Gasteiger partial charge in [0.05, 0.1) is 0 Å². The summed E-state index contributed by atoms with van der Waals surface area (Å²) in [5.41, 5.74) is 1.27. The van der Waals surface area contributed by atoms with Gasteiger partial charge < -0.3 is 5.32 Å². The summed E-state index contributed by atoms with van der Waals surface area (Å²) in [5, 5.41) is 4.59. The predicted molar refractivity (Wildman–Crippen MR) is 85.2 cm³/mol. The van der Waals surface area contributed by atoms with Crippen LogP contribution in [-0.4, -0.2) is 22.3 Å². The molecular formula is C15H24ClNOS. The minimum absolute atomic E-state index is 0.250. The maximum absolute atomic E-state index is 11.3. The molecule has 0 radical (unpaired) electrons. The predicted octanol–water partition coefficient (Wildman–Crippen LogP) is 3.93. The molecule has 1 aromatic rings. The van der Waals surface area contributed by atoms with Gasteiger partial charge in [0.2, 0.25) is 0 Å². The molecular weight excluding hydrogens is 278 g/mol. The van der Waals surface area contributed by atoms with Crippen LogP contribution in [-0.2, 0) is 10.8 Å². The van der Waals surface area contributed by atoms with Crippen LogP contribution < -0.4 is 5.32 Å². The van der Waals surface area contributed by atoms with Crippen LogP contribution in [0.4, 0.5) is 0 Å². The minimum Gasteiger partial charge on any atom is -0.310 e. The molecule has 0 spiro atoms. The third-order valence-corrected chi connectivity index (χ3v) is 4.98. The Kier molecular flexibility index (Phi) is 7.66. The van der Waals surface area contributed by atoms with Crippen LogP contribution in [0, 0.1) is 0 Å². The fourth-order valence-corrected chi connectivity index (χ4v) is 2.57. The van der Waals surface area contributed by atoms with Crippen molar-refractivity contribution in [1.29, 1.82) is 0 Å². The van der Waals surface area contributed by atoms with Crippen molar-refractivity contribution in [3.63, 3.8) is 0 Å². The molecule has 4 heteroatoms. The first-order valence-corrected chi connectivity index (χ1v) is 8.85. The lowest BCUT2D eigenvalue weighted by molar-refractivity contribution is 0.486. The Morgan fingerprint density at radius 3 is 2.42 bits per heavy atom. The summed E-state index contributed by atoms with van der Waals surface area (Å²) in [5.74, 6) is 0. The Bertz CT molecular complexity index is 394. The first kappa shape index (κ1) is 16.7. The van der Waals surface area contributed by atoms with Gasteiger partial charge >= 0.3 is 0 Å². The van der Waals surface area contributed by atoms with E-state index in [-0.39, 0.29) is 5.25 Å². The number of halogens is 1. The van der Waals surface area contributed by atoms with Gasteiger partial charge in [-0.05, 0) is 37.1 Å². The van der Waals surface area contributed by atoms with Gasteiger partial charge in [-0.25, -0.2) is 0 Å². The molecule has 1 N–H and O–H groups in total. The van der Waals surface area contributed by atoms with Gasteiger partial charge in [0.1, 0.15) is 0 Å². The van der Waals surface area contributed by atoms with Crippen molar-refractivity contribution in [3.8, 4) is 0 Å². The van der Waals surface area contributed by atoms with Gasteiger partial charge in [0.15, 0.2) is 0 Å². The van der Waals surface area contributed by atoms with E-state index in [1.807, 2.05) is 19.1 Å². The van der Waals surface area contributed by atoms with Crippen LogP contribution in [0.25, 0.3) is 0 Å². The monoisotopic (exact) mass is 301 g/mol. The lowest BCUT2D eigenvalue weighted by atomic mass is 10.0. The zero-order chi connectivity index (χ0) is 14.3. The Balaban J connectivity index is 2.53. The van der Waals surface area contributed by atoms with Crippen molar-refractivity contribution in [3.05, 3.63) is 34.9 Å². The first-order valence-electron chi connectivity index (χ1n) is 6.85. The van der Waals surface area contributed by atoms with Crippen LogP contribution in [0.1, 0.15) is 44.7 Å². The van der Waals surface area contributed by atoms with Gasteiger partial charge in [-0.3, -0.25) is 4.21 Å². The fraction of sp³-hybridized carbons (Fsp3) is 0.600. The molecule has 0 heterocycles. The van der Waals surface area contributed by atoms with Crippen LogP contribution in [0.5, 0.6) is 0 Å². The molecule has 19 heavy (non-hydrogen) atoms. The highest BCUT2D eigenvalue weighted by molar-refractivity contribution is 7.84. The third kappa shape index (κ3) is 6.07. The van der Waals surface area contributed by atoms with E-state index in [9.17, 15) is 4.21 Å². The summed E-state index contributed by atoms with van der Waals surface area (Å²) in [6, 6.07) is 8.39. The molecule has 3 atom stereocenters. The number of hydrogen-bond donors (Lipinski definition) is 1. The molecule has 0 saturated carbocycles. The fourth-order valence-electron chi connectivity index (χ4n) is 2.00. The van der Waals surface area contributed by atoms with Gasteiger partial charge in [0.25, 0.3) is 0 Å². The molecule has 0 saturated heterocycles. The molecule has 0 aliphatic carbocycles. The maximum Gasteiger partial charge on any atom is 0.0406 e. The Morgan fingerprint density at radius 2 is 1.89 bits per heavy atom. The van der Waals surface area contributed by atoms with Crippen molar-refractivity contribution < 1.29 is 4.21 Å². The van der Waals surface area contributed by atoms with Crippen molar-refractivity contribution in [2.45, 2.75) is 44.4 Å². The van der Waals surface area contributed by atoms with Crippen LogP contribution in [0.3, 0.4) is 0 Å². The van der Waals surface area contributed by atoms with Gasteiger partial charge in [-0.1, -0.05) is 44.0 Å². The van der Waals surface area contributed by atoms with Crippen LogP contribution in [0.2, 0.25) is 5.02 Å². The first-order chi connectivity index (χ1) is 9.04. The van der Waals surface area contributed by atoms with E-state index in [0.29, 0.717) is 6.04 Å². The van der Waals surface area contributed by atoms with E-state index in [4.69, 9.17) is 11.6 Å². The Morgan fingerprint density at radius 1 is 1.26 bits per heavy atom. The highest BCUT2D eigenvalue weighted by atomic mass is 35.5.